The van der Waals surface area contributed by atoms with E-state index in [1.165, 1.54) is 39.7 Å². The van der Waals surface area contributed by atoms with Crippen LogP contribution >= 0.6 is 113 Å². The molecule has 0 fully saturated rings. The second-order valence-corrected chi connectivity index (χ2v) is 24.3. The smallest absolute Gasteiger partial charge is 0.338 e. The summed E-state index contributed by atoms with van der Waals surface area (Å²) < 4.78 is 23.4. The molecule has 5 heterocycles. The molecule has 98 heavy (non-hydrogen) atoms. The van der Waals surface area contributed by atoms with Crippen LogP contribution in [0.15, 0.2) is 143 Å². The molecule has 0 aliphatic rings. The van der Waals surface area contributed by atoms with Gasteiger partial charge in [-0.2, -0.15) is 25.5 Å². The number of methoxy groups -OCH3 is 2. The van der Waals surface area contributed by atoms with Crippen molar-refractivity contribution < 1.29 is 47.8 Å². The lowest BCUT2D eigenvalue weighted by Crippen LogP contribution is -2.18. The van der Waals surface area contributed by atoms with Crippen molar-refractivity contribution in [3.8, 4) is 5.75 Å². The van der Waals surface area contributed by atoms with Gasteiger partial charge in [-0.15, -0.1) is 0 Å². The highest BCUT2D eigenvalue weighted by Gasteiger charge is 2.23. The van der Waals surface area contributed by atoms with Crippen molar-refractivity contribution in [3.63, 3.8) is 0 Å². The van der Waals surface area contributed by atoms with Crippen LogP contribution < -0.4 is 31.3 Å². The number of halogens is 9. The maximum atomic E-state index is 12.2. The van der Waals surface area contributed by atoms with Crippen molar-refractivity contribution in [2.75, 3.05) is 47.4 Å². The van der Waals surface area contributed by atoms with E-state index in [4.69, 9.17) is 90.7 Å². The average Bonchev–Trinajstić information content (AvgIpc) is 1.60. The van der Waals surface area contributed by atoms with Gasteiger partial charge in [0.1, 0.15) is 34.2 Å². The summed E-state index contributed by atoms with van der Waals surface area (Å²) in [4.78, 5) is 83.9. The quantitative estimate of drug-likeness (QED) is 0.0562. The number of esters is 2. The SMILES string of the molecule is CCOC(=O)c1ccc(NC(=O)c2c(Cl)cnn2C)cc1.CCn1ncc(Br)c1C(=O)Nc1cc(Cl)ccc1Cl.CCn1ncc(Br)c1C(=O)Nc1cccc(Cl)c1Cl.COC(=O)c1ccc(C)c(NC(=O)c2c(Cl)cnn2C)c1.COc1ccccc1NC(=O)c1c(Cl)cnn1C. The minimum atomic E-state index is -0.468. The number of rotatable bonds is 16. The zero-order valence-electron chi connectivity index (χ0n) is 53.3. The number of carbonyl (C=O) groups excluding carboxylic acids is 7. The minimum absolute atomic E-state index is 0.250. The number of aromatic nitrogens is 10. The van der Waals surface area contributed by atoms with E-state index in [9.17, 15) is 33.6 Å². The lowest BCUT2D eigenvalue weighted by Gasteiger charge is -2.10. The molecule has 0 radical (unpaired) electrons. The van der Waals surface area contributed by atoms with Crippen LogP contribution in [0.2, 0.25) is 35.2 Å². The monoisotopic (exact) mass is 1600 g/mol. The summed E-state index contributed by atoms with van der Waals surface area (Å²) in [6.45, 7) is 8.88. The van der Waals surface area contributed by atoms with Crippen LogP contribution in [0.1, 0.15) is 99.5 Å². The fourth-order valence-electron chi connectivity index (χ4n) is 8.42. The number of carbonyl (C=O) groups is 7. The number of hydrogen-bond donors (Lipinski definition) is 5. The van der Waals surface area contributed by atoms with Gasteiger partial charge in [0.25, 0.3) is 29.5 Å². The van der Waals surface area contributed by atoms with Crippen LogP contribution in [0, 0.1) is 6.92 Å². The Morgan fingerprint density at radius 3 is 1.39 bits per heavy atom. The fraction of sp³-hybridized carbons (Fsp3) is 0.188. The summed E-state index contributed by atoms with van der Waals surface area (Å²) in [5, 5.41) is 36.0. The topological polar surface area (TPSA) is 296 Å². The van der Waals surface area contributed by atoms with Gasteiger partial charge in [0.05, 0.1) is 119 Å². The number of nitrogens with zero attached hydrogens (tertiary/aromatic N) is 10. The summed E-state index contributed by atoms with van der Waals surface area (Å²) >= 11 is 48.2. The second-order valence-electron chi connectivity index (χ2n) is 19.7. The first-order chi connectivity index (χ1) is 46.7. The molecule has 34 heteroatoms. The molecule has 5 N–H and O–H groups in total. The number of anilines is 5. The molecular formula is C64H60Br2Cl7N15O10. The van der Waals surface area contributed by atoms with E-state index in [2.05, 4.69) is 88.7 Å². The van der Waals surface area contributed by atoms with Gasteiger partial charge in [0, 0.05) is 50.6 Å². The van der Waals surface area contributed by atoms with E-state index in [0.717, 1.165) is 5.56 Å². The normalized spacial score (nSPS) is 10.3. The number of para-hydroxylation sites is 2. The Kier molecular flexibility index (Phi) is 29.7. The highest BCUT2D eigenvalue weighted by atomic mass is 79.9. The number of nitrogens with one attached hydrogen (secondary N) is 5. The highest BCUT2D eigenvalue weighted by molar-refractivity contribution is 9.10. The highest BCUT2D eigenvalue weighted by Crippen LogP contribution is 2.32. The van der Waals surface area contributed by atoms with Crippen LogP contribution in [-0.4, -0.2) is 111 Å². The molecular weight excluding hydrogens is 1550 g/mol. The van der Waals surface area contributed by atoms with Crippen molar-refractivity contribution in [2.45, 2.75) is 40.8 Å². The molecule has 0 aliphatic heterocycles. The van der Waals surface area contributed by atoms with Gasteiger partial charge in [-0.05, 0) is 144 Å². The van der Waals surface area contributed by atoms with Gasteiger partial charge in [-0.25, -0.2) is 9.59 Å². The first-order valence-electron chi connectivity index (χ1n) is 28.7. The summed E-state index contributed by atoms with van der Waals surface area (Å²) in [6.07, 6.45) is 7.39. The molecule has 0 saturated carbocycles. The molecule has 0 unspecified atom stereocenters. The Bertz CT molecular complexity index is 4400. The van der Waals surface area contributed by atoms with Crippen molar-refractivity contribution in [1.29, 1.82) is 0 Å². The summed E-state index contributed by atoms with van der Waals surface area (Å²) in [6, 6.07) is 28.4. The molecule has 0 spiro atoms. The van der Waals surface area contributed by atoms with Gasteiger partial charge >= 0.3 is 11.9 Å². The van der Waals surface area contributed by atoms with E-state index in [1.54, 1.807) is 148 Å². The fourth-order valence-corrected chi connectivity index (χ4v) is 10.8. The third kappa shape index (κ3) is 20.9. The van der Waals surface area contributed by atoms with Crippen molar-refractivity contribution in [1.82, 2.24) is 48.9 Å². The predicted molar refractivity (Wildman–Crippen MR) is 386 cm³/mol. The van der Waals surface area contributed by atoms with Crippen LogP contribution in [0.3, 0.4) is 0 Å². The molecule has 10 aromatic rings. The minimum Gasteiger partial charge on any atom is -0.495 e. The number of amides is 5. The Labute approximate surface area is 613 Å². The molecule has 5 aromatic heterocycles. The molecule has 0 atom stereocenters. The van der Waals surface area contributed by atoms with Crippen LogP contribution in [0.5, 0.6) is 5.75 Å². The molecule has 5 amide bonds. The van der Waals surface area contributed by atoms with Gasteiger partial charge in [-0.3, -0.25) is 47.4 Å². The second kappa shape index (κ2) is 37.3. The van der Waals surface area contributed by atoms with Crippen molar-refractivity contribution in [2.24, 2.45) is 21.1 Å². The van der Waals surface area contributed by atoms with Gasteiger partial charge < -0.3 is 40.8 Å². The van der Waals surface area contributed by atoms with E-state index >= 15 is 0 Å². The maximum absolute atomic E-state index is 12.2. The molecule has 25 nitrogen and oxygen atoms in total. The molecule has 5 aromatic carbocycles. The summed E-state index contributed by atoms with van der Waals surface area (Å²) in [7, 11) is 7.75. The molecule has 514 valence electrons. The first kappa shape index (κ1) is 78.2. The lowest BCUT2D eigenvalue weighted by atomic mass is 10.1. The Balaban J connectivity index is 0.000000194. The summed E-state index contributed by atoms with van der Waals surface area (Å²) in [5.74, 6) is -1.97. The zero-order valence-corrected chi connectivity index (χ0v) is 61.7. The van der Waals surface area contributed by atoms with Crippen LogP contribution in [0.4, 0.5) is 28.4 Å². The Hall–Kier alpha value is -8.77. The molecule has 0 aliphatic carbocycles. The van der Waals surface area contributed by atoms with Gasteiger partial charge in [0.15, 0.2) is 0 Å². The van der Waals surface area contributed by atoms with E-state index in [0.29, 0.717) is 116 Å². The van der Waals surface area contributed by atoms with Crippen LogP contribution in [-0.2, 0) is 43.7 Å². The zero-order chi connectivity index (χ0) is 72.1. The largest absolute Gasteiger partial charge is 0.495 e. The predicted octanol–water partition coefficient (Wildman–Crippen LogP) is 15.7. The third-order valence-corrected chi connectivity index (χ3v) is 16.6. The number of ether oxygens (including phenoxy) is 3. The number of benzene rings is 5. The molecule has 0 bridgehead atoms. The number of hydrogen-bond acceptors (Lipinski definition) is 15. The molecule has 0 saturated heterocycles. The Morgan fingerprint density at radius 1 is 0.449 bits per heavy atom. The Morgan fingerprint density at radius 2 is 0.908 bits per heavy atom. The van der Waals surface area contributed by atoms with E-state index in [1.807, 2.05) is 32.9 Å². The van der Waals surface area contributed by atoms with Crippen LogP contribution in [0.25, 0.3) is 0 Å². The van der Waals surface area contributed by atoms with E-state index < -0.39 is 17.8 Å². The maximum Gasteiger partial charge on any atom is 0.338 e. The first-order valence-corrected chi connectivity index (χ1v) is 32.9. The van der Waals surface area contributed by atoms with Crippen molar-refractivity contribution in [3.05, 3.63) is 223 Å². The average molecular weight is 1610 g/mol. The third-order valence-electron chi connectivity index (χ3n) is 13.2. The number of aryl methyl sites for hydroxylation is 6. The standard InChI is InChI=1S/2C14H14ClN3O3.2C12H10BrCl2N3O.C12H12ClN3O2/c1-8-4-5-9(14(20)21-3)6-11(8)17-13(19)12-10(15)7-16-18(12)2;1-3-21-14(20)9-4-6-10(7-5-9)17-13(19)12-11(15)8-16-18(12)2;1-2-18-11(8(13)6-16-18)12(19)17-10-5-7(14)3-4-9(10)15;1-2-18-11(7(13)6-16-18)12(19)17-9-5-3-4-8(14)10(9)15;1-16-11(8(13)7-14-16)12(17)15-9-5-3-4-6-10(9)18-2/h4-7H,1-3H3,(H,17,19);4-8H,3H2,1-2H3,(H,17,19);2*3-6H,2H2,1H3,(H,17,19);3-7H,1-2H3,(H,15,17). The van der Waals surface area contributed by atoms with Crippen molar-refractivity contribution >= 4 is 183 Å². The van der Waals surface area contributed by atoms with Gasteiger partial charge in [0.2, 0.25) is 0 Å². The lowest BCUT2D eigenvalue weighted by molar-refractivity contribution is 0.0524. The van der Waals surface area contributed by atoms with E-state index in [-0.39, 0.29) is 45.1 Å². The summed E-state index contributed by atoms with van der Waals surface area (Å²) in [5.41, 5.74) is 5.89. The molecule has 10 rings (SSSR count). The van der Waals surface area contributed by atoms with Gasteiger partial charge in [-0.1, -0.05) is 105 Å².